The van der Waals surface area contributed by atoms with Gasteiger partial charge in [-0.05, 0) is 36.8 Å². The molecule has 0 spiro atoms. The van der Waals surface area contributed by atoms with Crippen molar-refractivity contribution in [3.8, 4) is 0 Å². The highest BCUT2D eigenvalue weighted by atomic mass is 14.8. The Labute approximate surface area is 111 Å². The summed E-state index contributed by atoms with van der Waals surface area (Å²) in [5, 5.41) is 1.14. The number of aromatic nitrogens is 2. The van der Waals surface area contributed by atoms with Crippen LogP contribution in [-0.4, -0.2) is 16.2 Å². The van der Waals surface area contributed by atoms with Crippen LogP contribution in [0.2, 0.25) is 0 Å². The van der Waals surface area contributed by atoms with E-state index in [9.17, 15) is 0 Å². The second-order valence-electron chi connectivity index (χ2n) is 4.31. The summed E-state index contributed by atoms with van der Waals surface area (Å²) in [6, 6.07) is 13.8. The number of fused-ring (bicyclic) bond motifs is 1. The quantitative estimate of drug-likeness (QED) is 0.648. The van der Waals surface area contributed by atoms with Crippen molar-refractivity contribution in [2.24, 2.45) is 4.99 Å². The summed E-state index contributed by atoms with van der Waals surface area (Å²) in [6.07, 6.45) is 5.34. The molecule has 0 saturated heterocycles. The van der Waals surface area contributed by atoms with Gasteiger partial charge in [-0.1, -0.05) is 18.2 Å². The summed E-state index contributed by atoms with van der Waals surface area (Å²) in [5.41, 5.74) is 3.84. The fourth-order valence-corrected chi connectivity index (χ4v) is 1.99. The summed E-state index contributed by atoms with van der Waals surface area (Å²) < 4.78 is 0. The number of pyridine rings is 2. The number of nitrogens with zero attached hydrogens (tertiary/aromatic N) is 3. The van der Waals surface area contributed by atoms with E-state index >= 15 is 0 Å². The van der Waals surface area contributed by atoms with Crippen molar-refractivity contribution in [1.29, 1.82) is 0 Å². The van der Waals surface area contributed by atoms with Gasteiger partial charge in [0.2, 0.25) is 0 Å². The Hall–Kier alpha value is -2.55. The Balaban J connectivity index is 2.07. The molecular formula is C16H13N3. The van der Waals surface area contributed by atoms with Gasteiger partial charge in [-0.15, -0.1) is 0 Å². The van der Waals surface area contributed by atoms with E-state index in [1.807, 2.05) is 42.6 Å². The first kappa shape index (κ1) is 11.5. The first-order chi connectivity index (χ1) is 9.34. The first-order valence-electron chi connectivity index (χ1n) is 6.14. The smallest absolute Gasteiger partial charge is 0.0961 e. The van der Waals surface area contributed by atoms with E-state index in [1.54, 1.807) is 12.4 Å². The standard InChI is InChI=1S/C16H13N3/c1-12-8-10-18-16-14(12)6-4-7-15(16)19-11-13-5-2-3-9-17-13/h2-11H,1H3. The second-order valence-corrected chi connectivity index (χ2v) is 4.31. The van der Waals surface area contributed by atoms with Crippen molar-refractivity contribution in [2.75, 3.05) is 0 Å². The van der Waals surface area contributed by atoms with Crippen molar-refractivity contribution in [3.63, 3.8) is 0 Å². The van der Waals surface area contributed by atoms with Crippen LogP contribution < -0.4 is 0 Å². The Kier molecular flexibility index (Phi) is 3.02. The van der Waals surface area contributed by atoms with Gasteiger partial charge in [0.25, 0.3) is 0 Å². The van der Waals surface area contributed by atoms with Crippen LogP contribution in [0.1, 0.15) is 11.3 Å². The molecule has 92 valence electrons. The lowest BCUT2D eigenvalue weighted by molar-refractivity contribution is 1.30. The van der Waals surface area contributed by atoms with Crippen LogP contribution in [0, 0.1) is 6.92 Å². The van der Waals surface area contributed by atoms with Crippen LogP contribution >= 0.6 is 0 Å². The summed E-state index contributed by atoms with van der Waals surface area (Å²) in [4.78, 5) is 13.1. The largest absolute Gasteiger partial charge is 0.255 e. The highest BCUT2D eigenvalue weighted by molar-refractivity contribution is 5.93. The van der Waals surface area contributed by atoms with Crippen molar-refractivity contribution < 1.29 is 0 Å². The molecule has 3 heteroatoms. The number of rotatable bonds is 2. The Morgan fingerprint density at radius 2 is 1.89 bits per heavy atom. The van der Waals surface area contributed by atoms with Gasteiger partial charge in [0, 0.05) is 17.8 Å². The molecule has 2 aromatic heterocycles. The zero-order valence-electron chi connectivity index (χ0n) is 10.6. The van der Waals surface area contributed by atoms with Gasteiger partial charge in [0.15, 0.2) is 0 Å². The third kappa shape index (κ3) is 2.36. The molecule has 0 unspecified atom stereocenters. The number of aryl methyl sites for hydroxylation is 1. The minimum Gasteiger partial charge on any atom is -0.255 e. The van der Waals surface area contributed by atoms with E-state index in [4.69, 9.17) is 0 Å². The maximum atomic E-state index is 4.50. The Morgan fingerprint density at radius 1 is 0.947 bits per heavy atom. The number of aliphatic imine (C=N–C) groups is 1. The molecule has 2 heterocycles. The average Bonchev–Trinajstić information content (AvgIpc) is 2.47. The molecule has 3 nitrogen and oxygen atoms in total. The molecule has 3 rings (SSSR count). The minimum absolute atomic E-state index is 0.840. The van der Waals surface area contributed by atoms with Crippen LogP contribution in [0.4, 0.5) is 5.69 Å². The van der Waals surface area contributed by atoms with Crippen LogP contribution in [0.5, 0.6) is 0 Å². The van der Waals surface area contributed by atoms with Crippen molar-refractivity contribution in [3.05, 3.63) is 66.1 Å². The lowest BCUT2D eigenvalue weighted by Gasteiger charge is -2.03. The number of benzene rings is 1. The second kappa shape index (κ2) is 4.98. The lowest BCUT2D eigenvalue weighted by Crippen LogP contribution is -1.86. The van der Waals surface area contributed by atoms with Gasteiger partial charge >= 0.3 is 0 Å². The molecule has 1 aromatic carbocycles. The summed E-state index contributed by atoms with van der Waals surface area (Å²) in [7, 11) is 0. The third-order valence-electron chi connectivity index (χ3n) is 2.99. The molecule has 0 saturated carbocycles. The Morgan fingerprint density at radius 3 is 2.74 bits per heavy atom. The summed E-state index contributed by atoms with van der Waals surface area (Å²) >= 11 is 0. The van der Waals surface area contributed by atoms with Crippen LogP contribution in [0.15, 0.2) is 59.9 Å². The molecule has 0 bridgehead atoms. The molecule has 0 N–H and O–H groups in total. The average molecular weight is 247 g/mol. The molecule has 0 radical (unpaired) electrons. The van der Waals surface area contributed by atoms with E-state index in [0.29, 0.717) is 0 Å². The Bertz CT molecular complexity index is 733. The normalized spacial score (nSPS) is 11.2. The summed E-state index contributed by atoms with van der Waals surface area (Å²) in [6.45, 7) is 2.08. The van der Waals surface area contributed by atoms with E-state index in [2.05, 4.69) is 28.0 Å². The van der Waals surface area contributed by atoms with E-state index < -0.39 is 0 Å². The SMILES string of the molecule is Cc1ccnc2c(N=Cc3ccccn3)cccc12. The molecule has 0 fully saturated rings. The lowest BCUT2D eigenvalue weighted by atomic mass is 10.1. The molecule has 0 aliphatic carbocycles. The third-order valence-corrected chi connectivity index (χ3v) is 2.99. The van der Waals surface area contributed by atoms with Gasteiger partial charge in [-0.3, -0.25) is 15.0 Å². The fourth-order valence-electron chi connectivity index (χ4n) is 1.99. The molecule has 0 aliphatic heterocycles. The fraction of sp³-hybridized carbons (Fsp3) is 0.0625. The number of hydrogen-bond donors (Lipinski definition) is 0. The monoisotopic (exact) mass is 247 g/mol. The predicted octanol–water partition coefficient (Wildman–Crippen LogP) is 3.69. The molecule has 3 aromatic rings. The minimum atomic E-state index is 0.840. The van der Waals surface area contributed by atoms with Gasteiger partial charge in [0.1, 0.15) is 0 Å². The number of para-hydroxylation sites is 1. The van der Waals surface area contributed by atoms with Crippen LogP contribution in [0.25, 0.3) is 10.9 Å². The molecular weight excluding hydrogens is 234 g/mol. The highest BCUT2D eigenvalue weighted by Gasteiger charge is 2.02. The zero-order chi connectivity index (χ0) is 13.1. The van der Waals surface area contributed by atoms with E-state index in [0.717, 1.165) is 22.3 Å². The maximum Gasteiger partial charge on any atom is 0.0961 e. The van der Waals surface area contributed by atoms with Gasteiger partial charge in [-0.25, -0.2) is 0 Å². The molecule has 0 atom stereocenters. The predicted molar refractivity (Wildman–Crippen MR) is 78.0 cm³/mol. The van der Waals surface area contributed by atoms with Crippen molar-refractivity contribution in [2.45, 2.75) is 6.92 Å². The van der Waals surface area contributed by atoms with Gasteiger partial charge in [0.05, 0.1) is 23.1 Å². The molecule has 0 aliphatic rings. The van der Waals surface area contributed by atoms with Crippen LogP contribution in [-0.2, 0) is 0 Å². The zero-order valence-corrected chi connectivity index (χ0v) is 10.6. The molecule has 0 amide bonds. The first-order valence-corrected chi connectivity index (χ1v) is 6.14. The topological polar surface area (TPSA) is 38.1 Å². The van der Waals surface area contributed by atoms with Gasteiger partial charge in [-0.2, -0.15) is 0 Å². The maximum absolute atomic E-state index is 4.50. The van der Waals surface area contributed by atoms with E-state index in [-0.39, 0.29) is 0 Å². The van der Waals surface area contributed by atoms with Crippen LogP contribution in [0.3, 0.4) is 0 Å². The highest BCUT2D eigenvalue weighted by Crippen LogP contribution is 2.25. The van der Waals surface area contributed by atoms with Gasteiger partial charge < -0.3 is 0 Å². The van der Waals surface area contributed by atoms with Crippen molar-refractivity contribution in [1.82, 2.24) is 9.97 Å². The summed E-state index contributed by atoms with van der Waals surface area (Å²) in [5.74, 6) is 0. The number of hydrogen-bond acceptors (Lipinski definition) is 3. The van der Waals surface area contributed by atoms with E-state index in [1.165, 1.54) is 5.56 Å². The molecule has 19 heavy (non-hydrogen) atoms. The van der Waals surface area contributed by atoms with Crippen molar-refractivity contribution >= 4 is 22.8 Å².